The summed E-state index contributed by atoms with van der Waals surface area (Å²) in [5, 5.41) is 0.746. The van der Waals surface area contributed by atoms with Gasteiger partial charge in [-0.25, -0.2) is 4.98 Å². The molecule has 0 amide bonds. The minimum atomic E-state index is -0.333. The van der Waals surface area contributed by atoms with E-state index in [1.54, 1.807) is 10.6 Å². The zero-order chi connectivity index (χ0) is 18.3. The number of para-hydroxylation sites is 1. The number of fused-ring (bicyclic) bond motifs is 1. The van der Waals surface area contributed by atoms with E-state index < -0.39 is 0 Å². The first-order valence-electron chi connectivity index (χ1n) is 8.47. The molecule has 1 aromatic heterocycles. The van der Waals surface area contributed by atoms with Crippen molar-refractivity contribution in [1.82, 2.24) is 9.55 Å². The number of aromatic nitrogens is 2. The number of carbonyl (C=O) groups is 1. The molecule has 0 bridgehead atoms. The van der Waals surface area contributed by atoms with E-state index in [2.05, 4.69) is 0 Å². The van der Waals surface area contributed by atoms with E-state index in [9.17, 15) is 9.59 Å². The largest absolute Gasteiger partial charge is 0.465 e. The Balaban J connectivity index is 1.96. The lowest BCUT2D eigenvalue weighted by molar-refractivity contribution is -0.137. The summed E-state index contributed by atoms with van der Waals surface area (Å²) in [6.07, 6.45) is 0.624. The zero-order valence-corrected chi connectivity index (χ0v) is 15.4. The van der Waals surface area contributed by atoms with Gasteiger partial charge < -0.3 is 4.74 Å². The molecule has 0 radical (unpaired) electrons. The Morgan fingerprint density at radius 1 is 1.15 bits per heavy atom. The van der Waals surface area contributed by atoms with Crippen LogP contribution >= 0.6 is 11.8 Å². The first-order chi connectivity index (χ1) is 12.5. The molecule has 0 saturated carbocycles. The van der Waals surface area contributed by atoms with Crippen molar-refractivity contribution >= 4 is 28.6 Å². The number of aryl methyl sites for hydroxylation is 2. The molecule has 3 aromatic rings. The van der Waals surface area contributed by atoms with E-state index in [4.69, 9.17) is 9.72 Å². The molecule has 0 aliphatic carbocycles. The van der Waals surface area contributed by atoms with E-state index in [1.807, 2.05) is 50.2 Å². The molecule has 1 aliphatic rings. The van der Waals surface area contributed by atoms with E-state index in [-0.39, 0.29) is 16.8 Å². The van der Waals surface area contributed by atoms with E-state index >= 15 is 0 Å². The van der Waals surface area contributed by atoms with Gasteiger partial charge in [0.1, 0.15) is 5.25 Å². The quantitative estimate of drug-likeness (QED) is 0.525. The second-order valence-electron chi connectivity index (χ2n) is 6.40. The summed E-state index contributed by atoms with van der Waals surface area (Å²) in [7, 11) is 0. The maximum Gasteiger partial charge on any atom is 0.319 e. The van der Waals surface area contributed by atoms with Crippen molar-refractivity contribution in [3.05, 3.63) is 63.9 Å². The second kappa shape index (κ2) is 6.61. The van der Waals surface area contributed by atoms with Crippen LogP contribution in [0.25, 0.3) is 16.6 Å². The molecule has 0 N–H and O–H groups in total. The molecule has 26 heavy (non-hydrogen) atoms. The van der Waals surface area contributed by atoms with Crippen LogP contribution in [-0.2, 0) is 9.53 Å². The predicted molar refractivity (Wildman–Crippen MR) is 102 cm³/mol. The summed E-state index contributed by atoms with van der Waals surface area (Å²) in [6, 6.07) is 13.2. The van der Waals surface area contributed by atoms with Crippen LogP contribution in [0.2, 0.25) is 0 Å². The fourth-order valence-corrected chi connectivity index (χ4v) is 4.24. The Morgan fingerprint density at radius 3 is 2.69 bits per heavy atom. The van der Waals surface area contributed by atoms with Gasteiger partial charge in [-0.3, -0.25) is 14.2 Å². The smallest absolute Gasteiger partial charge is 0.319 e. The van der Waals surface area contributed by atoms with Crippen LogP contribution in [0.4, 0.5) is 0 Å². The average Bonchev–Trinajstić information content (AvgIpc) is 3.01. The average molecular weight is 366 g/mol. The molecular formula is C20H18N2O3S. The lowest BCUT2D eigenvalue weighted by Gasteiger charge is -2.16. The summed E-state index contributed by atoms with van der Waals surface area (Å²) in [4.78, 5) is 29.9. The van der Waals surface area contributed by atoms with Gasteiger partial charge in [-0.2, -0.15) is 0 Å². The normalized spacial score (nSPS) is 16.8. The molecular weight excluding hydrogens is 348 g/mol. The third kappa shape index (κ3) is 2.90. The van der Waals surface area contributed by atoms with Gasteiger partial charge >= 0.3 is 5.97 Å². The molecule has 1 unspecified atom stereocenters. The predicted octanol–water partition coefficient (Wildman–Crippen LogP) is 3.41. The first kappa shape index (κ1) is 16.8. The van der Waals surface area contributed by atoms with Gasteiger partial charge in [0.05, 0.1) is 23.2 Å². The summed E-state index contributed by atoms with van der Waals surface area (Å²) in [5.41, 5.74) is 3.40. The minimum Gasteiger partial charge on any atom is -0.465 e. The Bertz CT molecular complexity index is 1070. The van der Waals surface area contributed by atoms with Gasteiger partial charge in [0.15, 0.2) is 5.16 Å². The van der Waals surface area contributed by atoms with E-state index in [1.165, 1.54) is 11.8 Å². The Kier molecular flexibility index (Phi) is 4.28. The van der Waals surface area contributed by atoms with Crippen molar-refractivity contribution in [2.45, 2.75) is 30.7 Å². The number of hydrogen-bond donors (Lipinski definition) is 0. The van der Waals surface area contributed by atoms with Gasteiger partial charge in [0, 0.05) is 6.42 Å². The third-order valence-corrected chi connectivity index (χ3v) is 5.67. The molecule has 6 heteroatoms. The Labute approximate surface area is 155 Å². The number of esters is 1. The highest BCUT2D eigenvalue weighted by atomic mass is 32.2. The van der Waals surface area contributed by atoms with Crippen molar-refractivity contribution in [1.29, 1.82) is 0 Å². The molecule has 2 heterocycles. The molecule has 1 aliphatic heterocycles. The summed E-state index contributed by atoms with van der Waals surface area (Å²) < 4.78 is 6.68. The number of benzene rings is 2. The molecule has 5 nitrogen and oxygen atoms in total. The van der Waals surface area contributed by atoms with Crippen molar-refractivity contribution in [2.75, 3.05) is 6.61 Å². The van der Waals surface area contributed by atoms with Crippen LogP contribution in [0.3, 0.4) is 0 Å². The molecule has 1 fully saturated rings. The molecule has 1 saturated heterocycles. The highest BCUT2D eigenvalue weighted by Crippen LogP contribution is 2.30. The standard InChI is InChI=1S/C20H18N2O3S/c1-12-7-8-16(13(2)11-12)22-18(23)14-5-3-4-6-15(14)21-20(22)26-17-9-10-25-19(17)24/h3-8,11,17H,9-10H2,1-2H3. The molecule has 132 valence electrons. The highest BCUT2D eigenvalue weighted by Gasteiger charge is 2.30. The number of cyclic esters (lactones) is 1. The minimum absolute atomic E-state index is 0.128. The van der Waals surface area contributed by atoms with Crippen LogP contribution in [0.15, 0.2) is 52.4 Å². The van der Waals surface area contributed by atoms with Crippen LogP contribution in [0.1, 0.15) is 17.5 Å². The van der Waals surface area contributed by atoms with Gasteiger partial charge in [0.25, 0.3) is 5.56 Å². The molecule has 4 rings (SSSR count). The summed E-state index contributed by atoms with van der Waals surface area (Å²) >= 11 is 1.30. The SMILES string of the molecule is Cc1ccc(-n2c(SC3CCOC3=O)nc3ccccc3c2=O)c(C)c1. The Hall–Kier alpha value is -2.60. The number of hydrogen-bond acceptors (Lipinski definition) is 5. The van der Waals surface area contributed by atoms with Crippen LogP contribution in [-0.4, -0.2) is 27.4 Å². The zero-order valence-electron chi connectivity index (χ0n) is 14.6. The van der Waals surface area contributed by atoms with E-state index in [0.29, 0.717) is 29.1 Å². The van der Waals surface area contributed by atoms with E-state index in [0.717, 1.165) is 16.8 Å². The first-order valence-corrected chi connectivity index (χ1v) is 9.35. The monoisotopic (exact) mass is 366 g/mol. The van der Waals surface area contributed by atoms with Crippen molar-refractivity contribution in [3.8, 4) is 5.69 Å². The number of thioether (sulfide) groups is 1. The maximum atomic E-state index is 13.2. The number of carbonyl (C=O) groups excluding carboxylic acids is 1. The Morgan fingerprint density at radius 2 is 1.96 bits per heavy atom. The van der Waals surface area contributed by atoms with Gasteiger partial charge in [-0.1, -0.05) is 41.6 Å². The summed E-state index contributed by atoms with van der Waals surface area (Å²) in [5.74, 6) is -0.246. The topological polar surface area (TPSA) is 61.2 Å². The number of rotatable bonds is 3. The van der Waals surface area contributed by atoms with Gasteiger partial charge in [-0.05, 0) is 37.6 Å². The highest BCUT2D eigenvalue weighted by molar-refractivity contribution is 8.00. The third-order valence-electron chi connectivity index (χ3n) is 4.47. The molecule has 0 spiro atoms. The van der Waals surface area contributed by atoms with Crippen molar-refractivity contribution in [3.63, 3.8) is 0 Å². The van der Waals surface area contributed by atoms with Crippen LogP contribution in [0, 0.1) is 13.8 Å². The second-order valence-corrected chi connectivity index (χ2v) is 7.57. The van der Waals surface area contributed by atoms with Crippen LogP contribution < -0.4 is 5.56 Å². The van der Waals surface area contributed by atoms with Crippen LogP contribution in [0.5, 0.6) is 0 Å². The van der Waals surface area contributed by atoms with Gasteiger partial charge in [0.2, 0.25) is 0 Å². The lowest BCUT2D eigenvalue weighted by atomic mass is 10.1. The summed E-state index contributed by atoms with van der Waals surface area (Å²) in [6.45, 7) is 4.41. The fraction of sp³-hybridized carbons (Fsp3) is 0.250. The maximum absolute atomic E-state index is 13.2. The molecule has 1 atom stereocenters. The lowest BCUT2D eigenvalue weighted by Crippen LogP contribution is -2.24. The van der Waals surface area contributed by atoms with Crippen molar-refractivity contribution in [2.24, 2.45) is 0 Å². The molecule has 2 aromatic carbocycles. The van der Waals surface area contributed by atoms with Gasteiger partial charge in [-0.15, -0.1) is 0 Å². The van der Waals surface area contributed by atoms with Crippen molar-refractivity contribution < 1.29 is 9.53 Å². The number of nitrogens with zero attached hydrogens (tertiary/aromatic N) is 2. The fourth-order valence-electron chi connectivity index (χ4n) is 3.17. The number of ether oxygens (including phenoxy) is 1.